The molecule has 2 amide bonds. The maximum Gasteiger partial charge on any atom is 0.248 e. The average Bonchev–Trinajstić information content (AvgIpc) is 3.37. The summed E-state index contributed by atoms with van der Waals surface area (Å²) in [6.45, 7) is 0.649. The summed E-state index contributed by atoms with van der Waals surface area (Å²) < 4.78 is 24.4. The molecule has 1 saturated heterocycles. The van der Waals surface area contributed by atoms with Gasteiger partial charge >= 0.3 is 0 Å². The Morgan fingerprint density at radius 1 is 1.12 bits per heavy atom. The summed E-state index contributed by atoms with van der Waals surface area (Å²) in [6, 6.07) is 4.34. The van der Waals surface area contributed by atoms with Gasteiger partial charge in [-0.15, -0.1) is 0 Å². The van der Waals surface area contributed by atoms with E-state index in [1.54, 1.807) is 12.1 Å². The van der Waals surface area contributed by atoms with Crippen LogP contribution in [0, 0.1) is 23.2 Å². The molecule has 4 bridgehead atoms. The molecule has 4 saturated carbocycles. The van der Waals surface area contributed by atoms with E-state index in [1.807, 2.05) is 4.90 Å². The number of hydrogen-bond acceptors (Lipinski definition) is 6. The summed E-state index contributed by atoms with van der Waals surface area (Å²) in [5, 5.41) is 3.35. The lowest BCUT2D eigenvalue weighted by Crippen LogP contribution is -2.56. The summed E-state index contributed by atoms with van der Waals surface area (Å²) in [5.41, 5.74) is 0.408. The molecule has 7 rings (SSSR count). The minimum absolute atomic E-state index is 0.187. The number of carbonyl (C=O) groups is 2. The normalized spacial score (nSPS) is 33.1. The molecule has 0 spiro atoms. The lowest BCUT2D eigenvalue weighted by molar-refractivity contribution is -0.160. The predicted octanol–water partition coefficient (Wildman–Crippen LogP) is 3.85. The van der Waals surface area contributed by atoms with Gasteiger partial charge < -0.3 is 10.2 Å². The van der Waals surface area contributed by atoms with Gasteiger partial charge in [0.25, 0.3) is 0 Å². The second kappa shape index (κ2) is 7.50. The number of amides is 2. The highest BCUT2D eigenvalue weighted by Gasteiger charge is 2.56. The number of carbonyl (C=O) groups excluding carboxylic acids is 2. The number of anilines is 1. The Balaban J connectivity index is 1.20. The van der Waals surface area contributed by atoms with Crippen molar-refractivity contribution in [2.24, 2.45) is 23.2 Å². The summed E-state index contributed by atoms with van der Waals surface area (Å²) in [5.74, 6) is 2.09. The second-order valence-electron chi connectivity index (χ2n) is 10.8. The van der Waals surface area contributed by atoms with Gasteiger partial charge in [0.1, 0.15) is 6.04 Å². The van der Waals surface area contributed by atoms with E-state index in [4.69, 9.17) is 0 Å². The molecule has 1 unspecified atom stereocenters. The highest BCUT2D eigenvalue weighted by atomic mass is 32.2. The fourth-order valence-electron chi connectivity index (χ4n) is 7.34. The van der Waals surface area contributed by atoms with Crippen LogP contribution in [0.25, 0.3) is 10.2 Å². The topological polar surface area (TPSA) is 96.4 Å². The number of benzene rings is 1. The van der Waals surface area contributed by atoms with Crippen LogP contribution < -0.4 is 5.32 Å². The Labute approximate surface area is 197 Å². The fraction of sp³-hybridized carbons (Fsp3) is 0.625. The zero-order chi connectivity index (χ0) is 23.0. The SMILES string of the molecule is CS(=O)(=O)c1ccc2nc(NC(=O)C3CCCN3C(=O)C34CC5CC(CC(C5)C3)C4)sc2c1. The van der Waals surface area contributed by atoms with Crippen molar-refractivity contribution in [1.82, 2.24) is 9.88 Å². The number of likely N-dealkylation sites (tertiary alicyclic amines) is 1. The molecule has 0 radical (unpaired) electrons. The molecule has 7 nitrogen and oxygen atoms in total. The molecule has 2 aromatic rings. The van der Waals surface area contributed by atoms with Crippen LogP contribution in [0.3, 0.4) is 0 Å². The van der Waals surface area contributed by atoms with Gasteiger partial charge in [-0.2, -0.15) is 0 Å². The molecule has 1 N–H and O–H groups in total. The summed E-state index contributed by atoms with van der Waals surface area (Å²) in [7, 11) is -3.31. The first kappa shape index (κ1) is 21.5. The van der Waals surface area contributed by atoms with Crippen LogP contribution in [0.1, 0.15) is 51.4 Å². The van der Waals surface area contributed by atoms with E-state index >= 15 is 0 Å². The van der Waals surface area contributed by atoms with Gasteiger partial charge in [-0.3, -0.25) is 9.59 Å². The maximum atomic E-state index is 13.8. The minimum atomic E-state index is -3.31. The van der Waals surface area contributed by atoms with E-state index in [-0.39, 0.29) is 22.1 Å². The first-order valence-corrected chi connectivity index (χ1v) is 14.6. The van der Waals surface area contributed by atoms with E-state index in [0.717, 1.165) is 25.7 Å². The number of rotatable bonds is 4. The standard InChI is InChI=1S/C24H29N3O4S2/c1-33(30,31)17-4-5-18-20(10-17)32-23(25-18)26-21(28)19-3-2-6-27(19)22(29)24-11-14-7-15(12-24)9-16(8-14)13-24/h4-5,10,14-16,19H,2-3,6-9,11-13H2,1H3,(H,25,26,28). The molecule has 1 atom stereocenters. The van der Waals surface area contributed by atoms with Crippen LogP contribution in [-0.4, -0.2) is 49.0 Å². The molecule has 9 heteroatoms. The van der Waals surface area contributed by atoms with Crippen molar-refractivity contribution in [2.75, 3.05) is 18.1 Å². The quantitative estimate of drug-likeness (QED) is 0.707. The zero-order valence-electron chi connectivity index (χ0n) is 18.7. The molecule has 2 heterocycles. The van der Waals surface area contributed by atoms with Gasteiger partial charge in [-0.05, 0) is 87.3 Å². The number of aromatic nitrogens is 1. The van der Waals surface area contributed by atoms with Crippen LogP contribution in [0.4, 0.5) is 5.13 Å². The molecule has 5 fully saturated rings. The van der Waals surface area contributed by atoms with Gasteiger partial charge in [0.15, 0.2) is 15.0 Å². The number of thiazole rings is 1. The van der Waals surface area contributed by atoms with Crippen molar-refractivity contribution in [1.29, 1.82) is 0 Å². The monoisotopic (exact) mass is 487 g/mol. The number of hydrogen-bond donors (Lipinski definition) is 1. The van der Waals surface area contributed by atoms with E-state index in [2.05, 4.69) is 10.3 Å². The van der Waals surface area contributed by atoms with E-state index in [1.165, 1.54) is 42.9 Å². The summed E-state index contributed by atoms with van der Waals surface area (Å²) in [6.07, 6.45) is 9.56. The Kier molecular flexibility index (Phi) is 4.89. The third kappa shape index (κ3) is 3.67. The third-order valence-electron chi connectivity index (χ3n) is 8.33. The number of fused-ring (bicyclic) bond motifs is 1. The Bertz CT molecular complexity index is 1220. The van der Waals surface area contributed by atoms with E-state index in [0.29, 0.717) is 46.1 Å². The summed E-state index contributed by atoms with van der Waals surface area (Å²) in [4.78, 5) is 33.6. The third-order valence-corrected chi connectivity index (χ3v) is 10.4. The minimum Gasteiger partial charge on any atom is -0.330 e. The highest BCUT2D eigenvalue weighted by molar-refractivity contribution is 7.90. The van der Waals surface area contributed by atoms with Crippen LogP contribution in [0.5, 0.6) is 0 Å². The van der Waals surface area contributed by atoms with Crippen LogP contribution >= 0.6 is 11.3 Å². The lowest BCUT2D eigenvalue weighted by atomic mass is 9.49. The molecular formula is C24H29N3O4S2. The largest absolute Gasteiger partial charge is 0.330 e. The van der Waals surface area contributed by atoms with Gasteiger partial charge in [0.2, 0.25) is 11.8 Å². The van der Waals surface area contributed by atoms with Crippen LogP contribution in [0.15, 0.2) is 23.1 Å². The molecule has 33 heavy (non-hydrogen) atoms. The van der Waals surface area contributed by atoms with Crippen LogP contribution in [-0.2, 0) is 19.4 Å². The highest BCUT2D eigenvalue weighted by Crippen LogP contribution is 2.60. The van der Waals surface area contributed by atoms with Crippen molar-refractivity contribution in [3.8, 4) is 0 Å². The van der Waals surface area contributed by atoms with Crippen molar-refractivity contribution in [2.45, 2.75) is 62.3 Å². The van der Waals surface area contributed by atoms with E-state index < -0.39 is 15.9 Å². The fourth-order valence-corrected chi connectivity index (χ4v) is 8.97. The van der Waals surface area contributed by atoms with Gasteiger partial charge in [-0.1, -0.05) is 11.3 Å². The van der Waals surface area contributed by atoms with Crippen molar-refractivity contribution in [3.05, 3.63) is 18.2 Å². The lowest BCUT2D eigenvalue weighted by Gasteiger charge is -2.56. The van der Waals surface area contributed by atoms with Crippen LogP contribution in [0.2, 0.25) is 0 Å². The van der Waals surface area contributed by atoms with E-state index in [9.17, 15) is 18.0 Å². The van der Waals surface area contributed by atoms with Crippen molar-refractivity contribution >= 4 is 48.3 Å². The first-order chi connectivity index (χ1) is 15.7. The maximum absolute atomic E-state index is 13.8. The van der Waals surface area contributed by atoms with Gasteiger partial charge in [-0.25, -0.2) is 13.4 Å². The summed E-state index contributed by atoms with van der Waals surface area (Å²) >= 11 is 1.26. The molecule has 4 aliphatic carbocycles. The molecule has 176 valence electrons. The van der Waals surface area contributed by atoms with Gasteiger partial charge in [0.05, 0.1) is 20.5 Å². The number of nitrogens with one attached hydrogen (secondary N) is 1. The molecule has 1 aromatic carbocycles. The number of sulfone groups is 1. The van der Waals surface area contributed by atoms with Crippen molar-refractivity contribution < 1.29 is 18.0 Å². The molecular weight excluding hydrogens is 458 g/mol. The zero-order valence-corrected chi connectivity index (χ0v) is 20.4. The average molecular weight is 488 g/mol. The van der Waals surface area contributed by atoms with Crippen molar-refractivity contribution in [3.63, 3.8) is 0 Å². The molecule has 5 aliphatic rings. The Morgan fingerprint density at radius 2 is 1.79 bits per heavy atom. The Hall–Kier alpha value is -2.00. The predicted molar refractivity (Wildman–Crippen MR) is 127 cm³/mol. The second-order valence-corrected chi connectivity index (χ2v) is 13.8. The van der Waals surface area contributed by atoms with Gasteiger partial charge in [0, 0.05) is 12.8 Å². The first-order valence-electron chi connectivity index (χ1n) is 11.9. The molecule has 1 aliphatic heterocycles. The Morgan fingerprint density at radius 3 is 2.42 bits per heavy atom. The molecule has 1 aromatic heterocycles. The smallest absolute Gasteiger partial charge is 0.248 e. The number of nitrogens with zero attached hydrogens (tertiary/aromatic N) is 2.